The molecule has 2 N–H and O–H groups in total. The third kappa shape index (κ3) is 4.69. The summed E-state index contributed by atoms with van der Waals surface area (Å²) in [5.74, 6) is -1.46. The minimum absolute atomic E-state index is 0.0489. The van der Waals surface area contributed by atoms with E-state index in [0.717, 1.165) is 37.1 Å². The van der Waals surface area contributed by atoms with E-state index in [9.17, 15) is 17.6 Å². The molecule has 26 heavy (non-hydrogen) atoms. The van der Waals surface area contributed by atoms with Gasteiger partial charge in [0.05, 0.1) is 16.1 Å². The summed E-state index contributed by atoms with van der Waals surface area (Å²) in [6, 6.07) is 5.55. The Kier molecular flexibility index (Phi) is 6.14. The van der Waals surface area contributed by atoms with Gasteiger partial charge in [0.2, 0.25) is 0 Å². The lowest BCUT2D eigenvalue weighted by molar-refractivity contribution is 0.0696. The molecule has 7 nitrogen and oxygen atoms in total. The number of nitrogens with zero attached hydrogens (tertiary/aromatic N) is 2. The smallest absolute Gasteiger partial charge is 0.337 e. The Morgan fingerprint density at radius 1 is 1.31 bits per heavy atom. The number of benzene rings is 1. The van der Waals surface area contributed by atoms with Gasteiger partial charge in [-0.2, -0.15) is 0 Å². The van der Waals surface area contributed by atoms with Crippen molar-refractivity contribution in [2.24, 2.45) is 0 Å². The molecule has 2 aromatic rings. The number of aromatic carboxylic acids is 1. The van der Waals surface area contributed by atoms with Crippen molar-refractivity contribution in [2.45, 2.75) is 24.7 Å². The van der Waals surface area contributed by atoms with Crippen LogP contribution in [0.25, 0.3) is 0 Å². The summed E-state index contributed by atoms with van der Waals surface area (Å²) in [6.07, 6.45) is 2.98. The molecule has 0 spiro atoms. The van der Waals surface area contributed by atoms with Gasteiger partial charge in [-0.05, 0) is 36.8 Å². The van der Waals surface area contributed by atoms with Crippen LogP contribution in [-0.2, 0) is 10.0 Å². The van der Waals surface area contributed by atoms with Crippen LogP contribution in [-0.4, -0.2) is 38.1 Å². The minimum atomic E-state index is -4.03. The van der Waals surface area contributed by atoms with Gasteiger partial charge in [-0.3, -0.25) is 4.72 Å². The SMILES string of the molecule is CCCCN(C)c1ncc(C(=O)O)cc1NS(=O)(=O)c1ccc(F)cc1. The quantitative estimate of drug-likeness (QED) is 0.729. The molecule has 2 rings (SSSR count). The number of carboxylic acids is 1. The van der Waals surface area contributed by atoms with Crippen molar-refractivity contribution in [1.82, 2.24) is 4.98 Å². The number of aromatic nitrogens is 1. The van der Waals surface area contributed by atoms with Crippen LogP contribution in [0.3, 0.4) is 0 Å². The van der Waals surface area contributed by atoms with E-state index in [-0.39, 0.29) is 16.1 Å². The van der Waals surface area contributed by atoms with E-state index in [1.54, 1.807) is 11.9 Å². The fourth-order valence-corrected chi connectivity index (χ4v) is 3.32. The van der Waals surface area contributed by atoms with E-state index in [1.807, 2.05) is 6.92 Å². The van der Waals surface area contributed by atoms with E-state index in [4.69, 9.17) is 5.11 Å². The number of nitrogens with one attached hydrogen (secondary N) is 1. The summed E-state index contributed by atoms with van der Waals surface area (Å²) in [6.45, 7) is 2.65. The molecule has 9 heteroatoms. The number of hydrogen-bond donors (Lipinski definition) is 2. The summed E-state index contributed by atoms with van der Waals surface area (Å²) >= 11 is 0. The number of halogens is 1. The summed E-state index contributed by atoms with van der Waals surface area (Å²) in [4.78, 5) is 16.9. The molecule has 0 saturated heterocycles. The fraction of sp³-hybridized carbons (Fsp3) is 0.294. The highest BCUT2D eigenvalue weighted by molar-refractivity contribution is 7.92. The molecule has 0 aliphatic carbocycles. The van der Waals surface area contributed by atoms with Crippen molar-refractivity contribution in [3.05, 3.63) is 47.9 Å². The Hall–Kier alpha value is -2.68. The molecule has 1 aromatic carbocycles. The number of pyridine rings is 1. The summed E-state index contributed by atoms with van der Waals surface area (Å²) in [7, 11) is -2.28. The van der Waals surface area contributed by atoms with Crippen LogP contribution in [0, 0.1) is 5.82 Å². The largest absolute Gasteiger partial charge is 0.478 e. The van der Waals surface area contributed by atoms with E-state index in [1.165, 1.54) is 12.3 Å². The van der Waals surface area contributed by atoms with Gasteiger partial charge in [0.1, 0.15) is 5.82 Å². The molecule has 1 heterocycles. The molecule has 1 aromatic heterocycles. The Morgan fingerprint density at radius 2 is 1.96 bits per heavy atom. The molecule has 0 atom stereocenters. The normalized spacial score (nSPS) is 11.2. The van der Waals surface area contributed by atoms with Crippen LogP contribution in [0.4, 0.5) is 15.9 Å². The zero-order valence-corrected chi connectivity index (χ0v) is 15.3. The third-order valence-corrected chi connectivity index (χ3v) is 5.07. The first-order valence-corrected chi connectivity index (χ1v) is 9.45. The molecule has 0 radical (unpaired) electrons. The second kappa shape index (κ2) is 8.13. The van der Waals surface area contributed by atoms with Gasteiger partial charge in [0.25, 0.3) is 10.0 Å². The number of carbonyl (C=O) groups is 1. The van der Waals surface area contributed by atoms with Crippen molar-refractivity contribution in [2.75, 3.05) is 23.2 Å². The number of rotatable bonds is 8. The lowest BCUT2D eigenvalue weighted by Crippen LogP contribution is -2.23. The third-order valence-electron chi connectivity index (χ3n) is 3.69. The zero-order valence-electron chi connectivity index (χ0n) is 14.4. The van der Waals surface area contributed by atoms with Gasteiger partial charge in [-0.25, -0.2) is 22.6 Å². The Bertz CT molecular complexity index is 885. The number of sulfonamides is 1. The first kappa shape index (κ1) is 19.6. The standard InChI is InChI=1S/C17H20FN3O4S/c1-3-4-9-21(2)16-15(10-12(11-19-16)17(22)23)20-26(24,25)14-7-5-13(18)6-8-14/h5-8,10-11,20H,3-4,9H2,1-2H3,(H,22,23). The Labute approximate surface area is 151 Å². The summed E-state index contributed by atoms with van der Waals surface area (Å²) < 4.78 is 40.5. The van der Waals surface area contributed by atoms with Gasteiger partial charge < -0.3 is 10.0 Å². The van der Waals surface area contributed by atoms with Crippen molar-refractivity contribution >= 4 is 27.5 Å². The second-order valence-electron chi connectivity index (χ2n) is 5.73. The number of carboxylic acid groups (broad SMARTS) is 1. The molecule has 0 aliphatic rings. The van der Waals surface area contributed by atoms with Gasteiger partial charge in [-0.1, -0.05) is 13.3 Å². The summed E-state index contributed by atoms with van der Waals surface area (Å²) in [5, 5.41) is 9.15. The van der Waals surface area contributed by atoms with Crippen LogP contribution in [0.2, 0.25) is 0 Å². The highest BCUT2D eigenvalue weighted by Gasteiger charge is 2.20. The second-order valence-corrected chi connectivity index (χ2v) is 7.42. The lowest BCUT2D eigenvalue weighted by Gasteiger charge is -2.21. The predicted octanol–water partition coefficient (Wildman–Crippen LogP) is 2.96. The molecule has 0 unspecified atom stereocenters. The van der Waals surface area contributed by atoms with Gasteiger partial charge >= 0.3 is 5.97 Å². The maximum absolute atomic E-state index is 13.0. The van der Waals surface area contributed by atoms with Gasteiger partial charge in [0, 0.05) is 19.8 Å². The average molecular weight is 381 g/mol. The number of unbranched alkanes of at least 4 members (excludes halogenated alkanes) is 1. The monoisotopic (exact) mass is 381 g/mol. The highest BCUT2D eigenvalue weighted by atomic mass is 32.2. The molecular formula is C17H20FN3O4S. The van der Waals surface area contributed by atoms with E-state index in [0.29, 0.717) is 12.4 Å². The molecular weight excluding hydrogens is 361 g/mol. The van der Waals surface area contributed by atoms with Gasteiger partial charge in [-0.15, -0.1) is 0 Å². The van der Waals surface area contributed by atoms with Crippen molar-refractivity contribution in [3.8, 4) is 0 Å². The lowest BCUT2D eigenvalue weighted by atomic mass is 10.2. The van der Waals surface area contributed by atoms with E-state index >= 15 is 0 Å². The highest BCUT2D eigenvalue weighted by Crippen LogP contribution is 2.27. The van der Waals surface area contributed by atoms with Crippen LogP contribution >= 0.6 is 0 Å². The number of hydrogen-bond acceptors (Lipinski definition) is 5. The first-order chi connectivity index (χ1) is 12.2. The number of anilines is 2. The first-order valence-electron chi connectivity index (χ1n) is 7.97. The van der Waals surface area contributed by atoms with E-state index in [2.05, 4.69) is 9.71 Å². The van der Waals surface area contributed by atoms with Gasteiger partial charge in [0.15, 0.2) is 5.82 Å². The topological polar surface area (TPSA) is 99.6 Å². The van der Waals surface area contributed by atoms with Crippen molar-refractivity contribution < 1.29 is 22.7 Å². The molecule has 140 valence electrons. The van der Waals surface area contributed by atoms with Crippen molar-refractivity contribution in [3.63, 3.8) is 0 Å². The van der Waals surface area contributed by atoms with Crippen LogP contribution < -0.4 is 9.62 Å². The molecule has 0 fully saturated rings. The fourth-order valence-electron chi connectivity index (χ4n) is 2.27. The molecule has 0 aliphatic heterocycles. The Morgan fingerprint density at radius 3 is 2.54 bits per heavy atom. The Balaban J connectivity index is 2.42. The van der Waals surface area contributed by atoms with Crippen LogP contribution in [0.5, 0.6) is 0 Å². The van der Waals surface area contributed by atoms with E-state index < -0.39 is 21.8 Å². The minimum Gasteiger partial charge on any atom is -0.478 e. The molecule has 0 bridgehead atoms. The maximum Gasteiger partial charge on any atom is 0.337 e. The average Bonchev–Trinajstić information content (AvgIpc) is 2.59. The van der Waals surface area contributed by atoms with Crippen LogP contribution in [0.15, 0.2) is 41.4 Å². The molecule has 0 amide bonds. The summed E-state index contributed by atoms with van der Waals surface area (Å²) in [5.41, 5.74) is -0.0951. The van der Waals surface area contributed by atoms with Crippen molar-refractivity contribution in [1.29, 1.82) is 0 Å². The van der Waals surface area contributed by atoms with Crippen LogP contribution in [0.1, 0.15) is 30.1 Å². The maximum atomic E-state index is 13.0. The predicted molar refractivity (Wildman–Crippen MR) is 96.6 cm³/mol. The molecule has 0 saturated carbocycles. The zero-order chi connectivity index (χ0) is 19.3.